The fourth-order valence-electron chi connectivity index (χ4n) is 1.69. The van der Waals surface area contributed by atoms with Gasteiger partial charge in [0.1, 0.15) is 18.0 Å². The molecule has 0 unspecified atom stereocenters. The van der Waals surface area contributed by atoms with Crippen LogP contribution in [0.2, 0.25) is 0 Å². The molecule has 1 aromatic carbocycles. The normalized spacial score (nSPS) is 10.2. The summed E-state index contributed by atoms with van der Waals surface area (Å²) in [5.74, 6) is 1.33. The van der Waals surface area contributed by atoms with Crippen molar-refractivity contribution in [3.63, 3.8) is 0 Å². The Labute approximate surface area is 101 Å². The first-order valence-electron chi connectivity index (χ1n) is 5.50. The number of rotatable bonds is 3. The Bertz CT molecular complexity index is 510. The van der Waals surface area contributed by atoms with E-state index in [1.165, 1.54) is 17.5 Å². The van der Waals surface area contributed by atoms with Crippen molar-refractivity contribution in [2.24, 2.45) is 0 Å². The maximum absolute atomic E-state index is 5.64. The molecule has 1 aromatic heterocycles. The van der Waals surface area contributed by atoms with Crippen LogP contribution >= 0.6 is 0 Å². The molecule has 2 N–H and O–H groups in total. The summed E-state index contributed by atoms with van der Waals surface area (Å²) in [6.45, 7) is 2.92. The molecule has 0 aliphatic carbocycles. The van der Waals surface area contributed by atoms with Crippen molar-refractivity contribution in [3.8, 4) is 0 Å². The first-order chi connectivity index (χ1) is 8.16. The Morgan fingerprint density at radius 2 is 2.00 bits per heavy atom. The van der Waals surface area contributed by atoms with Crippen LogP contribution in [0.5, 0.6) is 0 Å². The fourth-order valence-corrected chi connectivity index (χ4v) is 1.69. The summed E-state index contributed by atoms with van der Waals surface area (Å²) >= 11 is 0. The van der Waals surface area contributed by atoms with Gasteiger partial charge in [0.15, 0.2) is 0 Å². The molecular formula is C13H16N4. The van der Waals surface area contributed by atoms with E-state index in [1.807, 2.05) is 19.2 Å². The highest BCUT2D eigenvalue weighted by atomic mass is 15.2. The summed E-state index contributed by atoms with van der Waals surface area (Å²) in [5.41, 5.74) is 8.21. The highest BCUT2D eigenvalue weighted by Crippen LogP contribution is 2.15. The first kappa shape index (κ1) is 11.4. The molecule has 17 heavy (non-hydrogen) atoms. The van der Waals surface area contributed by atoms with Gasteiger partial charge in [-0.2, -0.15) is 0 Å². The van der Waals surface area contributed by atoms with Crippen molar-refractivity contribution >= 4 is 11.6 Å². The number of hydrogen-bond acceptors (Lipinski definition) is 4. The van der Waals surface area contributed by atoms with E-state index >= 15 is 0 Å². The van der Waals surface area contributed by atoms with Crippen LogP contribution in [0.1, 0.15) is 11.1 Å². The van der Waals surface area contributed by atoms with Crippen LogP contribution < -0.4 is 10.6 Å². The maximum atomic E-state index is 5.64. The number of nitrogens with zero attached hydrogens (tertiary/aromatic N) is 3. The minimum absolute atomic E-state index is 0.492. The average molecular weight is 228 g/mol. The van der Waals surface area contributed by atoms with Crippen molar-refractivity contribution in [3.05, 3.63) is 47.8 Å². The maximum Gasteiger partial charge on any atom is 0.134 e. The van der Waals surface area contributed by atoms with Crippen LogP contribution in [0.4, 0.5) is 11.6 Å². The molecule has 4 nitrogen and oxygen atoms in total. The topological polar surface area (TPSA) is 55.0 Å². The van der Waals surface area contributed by atoms with E-state index in [0.29, 0.717) is 5.82 Å². The van der Waals surface area contributed by atoms with Crippen molar-refractivity contribution < 1.29 is 0 Å². The zero-order chi connectivity index (χ0) is 12.3. The summed E-state index contributed by atoms with van der Waals surface area (Å²) in [6.07, 6.45) is 1.49. The molecule has 0 saturated heterocycles. The third kappa shape index (κ3) is 2.72. The van der Waals surface area contributed by atoms with E-state index in [2.05, 4.69) is 33.9 Å². The molecule has 1 heterocycles. The van der Waals surface area contributed by atoms with E-state index in [0.717, 1.165) is 12.4 Å². The van der Waals surface area contributed by atoms with E-state index in [4.69, 9.17) is 5.73 Å². The largest absolute Gasteiger partial charge is 0.384 e. The molecule has 2 rings (SSSR count). The summed E-state index contributed by atoms with van der Waals surface area (Å²) in [7, 11) is 1.99. The van der Waals surface area contributed by atoms with Gasteiger partial charge in [-0.25, -0.2) is 9.97 Å². The Morgan fingerprint density at radius 3 is 2.71 bits per heavy atom. The van der Waals surface area contributed by atoms with Gasteiger partial charge in [0.05, 0.1) is 0 Å². The van der Waals surface area contributed by atoms with Gasteiger partial charge < -0.3 is 10.6 Å². The number of aromatic nitrogens is 2. The molecule has 0 radical (unpaired) electrons. The van der Waals surface area contributed by atoms with Crippen LogP contribution in [0.25, 0.3) is 0 Å². The fraction of sp³-hybridized carbons (Fsp3) is 0.231. The standard InChI is InChI=1S/C13H16N4/c1-10-5-3-4-6-11(10)8-17(2)13-7-12(14)15-9-16-13/h3-7,9H,8H2,1-2H3,(H2,14,15,16). The third-order valence-electron chi connectivity index (χ3n) is 2.73. The predicted octanol–water partition coefficient (Wildman–Crippen LogP) is 2.00. The Kier molecular flexibility index (Phi) is 3.23. The molecule has 4 heteroatoms. The van der Waals surface area contributed by atoms with Crippen molar-refractivity contribution in [1.29, 1.82) is 0 Å². The molecule has 0 saturated carbocycles. The molecule has 0 fully saturated rings. The van der Waals surface area contributed by atoms with Crippen molar-refractivity contribution in [1.82, 2.24) is 9.97 Å². The van der Waals surface area contributed by atoms with Crippen LogP contribution in [0.3, 0.4) is 0 Å². The second kappa shape index (κ2) is 4.82. The first-order valence-corrected chi connectivity index (χ1v) is 5.50. The van der Waals surface area contributed by atoms with Gasteiger partial charge in [-0.3, -0.25) is 0 Å². The number of nitrogens with two attached hydrogens (primary N) is 1. The van der Waals surface area contributed by atoms with Crippen LogP contribution in [-0.2, 0) is 6.54 Å². The lowest BCUT2D eigenvalue weighted by Gasteiger charge is -2.19. The van der Waals surface area contributed by atoms with Crippen LogP contribution in [0, 0.1) is 6.92 Å². The van der Waals surface area contributed by atoms with E-state index in [1.54, 1.807) is 6.07 Å². The molecule has 0 bridgehead atoms. The minimum atomic E-state index is 0.492. The second-order valence-electron chi connectivity index (χ2n) is 4.08. The molecule has 2 aromatic rings. The summed E-state index contributed by atoms with van der Waals surface area (Å²) in [4.78, 5) is 10.1. The van der Waals surface area contributed by atoms with E-state index < -0.39 is 0 Å². The highest BCUT2D eigenvalue weighted by Gasteiger charge is 2.05. The average Bonchev–Trinajstić information content (AvgIpc) is 2.32. The number of aryl methyl sites for hydroxylation is 1. The Morgan fingerprint density at radius 1 is 1.24 bits per heavy atom. The molecular weight excluding hydrogens is 212 g/mol. The van der Waals surface area contributed by atoms with Gasteiger partial charge in [0.25, 0.3) is 0 Å². The lowest BCUT2D eigenvalue weighted by atomic mass is 10.1. The van der Waals surface area contributed by atoms with E-state index in [9.17, 15) is 0 Å². The SMILES string of the molecule is Cc1ccccc1CN(C)c1cc(N)ncn1. The third-order valence-corrected chi connectivity index (χ3v) is 2.73. The monoisotopic (exact) mass is 228 g/mol. The van der Waals surface area contributed by atoms with Gasteiger partial charge in [-0.05, 0) is 18.1 Å². The molecule has 0 amide bonds. The zero-order valence-electron chi connectivity index (χ0n) is 10.1. The van der Waals surface area contributed by atoms with Gasteiger partial charge in [-0.1, -0.05) is 24.3 Å². The molecule has 0 aliphatic heterocycles. The lowest BCUT2D eigenvalue weighted by Crippen LogP contribution is -2.18. The van der Waals surface area contributed by atoms with Crippen LogP contribution in [-0.4, -0.2) is 17.0 Å². The molecule has 0 aliphatic rings. The smallest absolute Gasteiger partial charge is 0.134 e. The summed E-state index contributed by atoms with van der Waals surface area (Å²) < 4.78 is 0. The highest BCUT2D eigenvalue weighted by molar-refractivity contribution is 5.46. The molecule has 0 spiro atoms. The summed E-state index contributed by atoms with van der Waals surface area (Å²) in [5, 5.41) is 0. The van der Waals surface area contributed by atoms with Gasteiger partial charge in [0, 0.05) is 19.7 Å². The van der Waals surface area contributed by atoms with E-state index in [-0.39, 0.29) is 0 Å². The second-order valence-corrected chi connectivity index (χ2v) is 4.08. The van der Waals surface area contributed by atoms with Gasteiger partial charge in [0.2, 0.25) is 0 Å². The van der Waals surface area contributed by atoms with Gasteiger partial charge in [-0.15, -0.1) is 0 Å². The Balaban J connectivity index is 2.17. The van der Waals surface area contributed by atoms with Crippen LogP contribution in [0.15, 0.2) is 36.7 Å². The summed E-state index contributed by atoms with van der Waals surface area (Å²) in [6, 6.07) is 10.1. The number of nitrogen functional groups attached to an aromatic ring is 1. The minimum Gasteiger partial charge on any atom is -0.384 e. The lowest BCUT2D eigenvalue weighted by molar-refractivity contribution is 0.885. The zero-order valence-corrected chi connectivity index (χ0v) is 10.1. The number of hydrogen-bond donors (Lipinski definition) is 1. The van der Waals surface area contributed by atoms with Crippen molar-refractivity contribution in [2.75, 3.05) is 17.7 Å². The number of benzene rings is 1. The predicted molar refractivity (Wildman–Crippen MR) is 69.7 cm³/mol. The Hall–Kier alpha value is -2.10. The molecule has 88 valence electrons. The van der Waals surface area contributed by atoms with Crippen molar-refractivity contribution in [2.45, 2.75) is 13.5 Å². The molecule has 0 atom stereocenters. The van der Waals surface area contributed by atoms with Gasteiger partial charge >= 0.3 is 0 Å². The number of anilines is 2. The quantitative estimate of drug-likeness (QED) is 0.873.